The van der Waals surface area contributed by atoms with Gasteiger partial charge in [0.15, 0.2) is 5.96 Å². The molecule has 0 unspecified atom stereocenters. The second-order valence-electron chi connectivity index (χ2n) is 11.5. The first-order valence-electron chi connectivity index (χ1n) is 16.0. The largest absolute Gasteiger partial charge is 0.508 e. The lowest BCUT2D eigenvalue weighted by molar-refractivity contribution is -0.141. The van der Waals surface area contributed by atoms with Crippen LogP contribution in [0.15, 0.2) is 29.3 Å². The number of hydrogen-bond donors (Lipinski definition) is 10. The molecule has 0 bridgehead atoms. The van der Waals surface area contributed by atoms with Crippen molar-refractivity contribution in [2.75, 3.05) is 19.6 Å². The van der Waals surface area contributed by atoms with E-state index in [0.29, 0.717) is 18.4 Å². The smallest absolute Gasteiger partial charge is 0.305 e. The fourth-order valence-corrected chi connectivity index (χ4v) is 4.83. The van der Waals surface area contributed by atoms with Crippen LogP contribution in [-0.2, 0) is 40.0 Å². The van der Waals surface area contributed by atoms with Crippen LogP contribution in [0.2, 0.25) is 0 Å². The fraction of sp³-hybridized carbons (Fsp3) is 0.500. The number of nitrogens with zero attached hydrogens (tertiary/aromatic N) is 1. The number of unbranched alkanes of at least 4 members (excludes halogenated alkanes) is 1. The molecule has 1 aliphatic heterocycles. The number of benzene rings is 1. The molecule has 1 fully saturated rings. The van der Waals surface area contributed by atoms with Gasteiger partial charge in [0.2, 0.25) is 35.4 Å². The number of guanidine groups is 1. The van der Waals surface area contributed by atoms with Gasteiger partial charge in [-0.05, 0) is 49.8 Å². The van der Waals surface area contributed by atoms with Gasteiger partial charge in [-0.1, -0.05) is 12.1 Å². The van der Waals surface area contributed by atoms with Crippen molar-refractivity contribution in [2.45, 2.75) is 82.0 Å². The molecule has 18 heteroatoms. The Morgan fingerprint density at radius 1 is 0.860 bits per heavy atom. The van der Waals surface area contributed by atoms with Gasteiger partial charge in [-0.15, -0.1) is 12.3 Å². The van der Waals surface area contributed by atoms with Crippen molar-refractivity contribution in [2.24, 2.45) is 16.5 Å². The number of phenols is 1. The molecule has 0 saturated carbocycles. The number of phenolic OH excluding ortho intramolecular Hbond substituents is 1. The minimum atomic E-state index is -1.63. The first-order chi connectivity index (χ1) is 23.8. The van der Waals surface area contributed by atoms with Crippen LogP contribution < -0.4 is 43.4 Å². The van der Waals surface area contributed by atoms with Gasteiger partial charge >= 0.3 is 5.97 Å². The average Bonchev–Trinajstić information content (AvgIpc) is 3.06. The molecule has 6 amide bonds. The molecule has 4 atom stereocenters. The predicted octanol–water partition coefficient (Wildman–Crippen LogP) is -2.77. The predicted molar refractivity (Wildman–Crippen MR) is 180 cm³/mol. The minimum absolute atomic E-state index is 0.0332. The molecule has 272 valence electrons. The van der Waals surface area contributed by atoms with E-state index in [1.54, 1.807) is 0 Å². The monoisotopic (exact) mass is 699 g/mol. The molecule has 1 aromatic rings. The van der Waals surface area contributed by atoms with Crippen molar-refractivity contribution in [3.63, 3.8) is 0 Å². The standard InChI is InChI=1S/C32H45N9O9/c1-2-3-9-25(43)35-14-5-4-7-22-29(48)39-21(8-6-15-36-32(33)34)28(47)37-18-26(44)38-24(17-27(45)46)31(50)41-23(30(49)40-22)16-19-10-12-20(42)13-11-19/h1,10-13,21-24,42H,3-9,14-18H2,(H,35,43)(H,37,47)(H,38,44)(H,39,48)(H,40,49)(H,41,50)(H,45,46)(H4,33,34,36)/t21-,22-,23+,24-/m0/s1. The lowest BCUT2D eigenvalue weighted by Gasteiger charge is -2.26. The van der Waals surface area contributed by atoms with E-state index in [1.165, 1.54) is 24.3 Å². The molecule has 0 aliphatic carbocycles. The van der Waals surface area contributed by atoms with E-state index in [2.05, 4.69) is 42.8 Å². The second kappa shape index (κ2) is 21.2. The van der Waals surface area contributed by atoms with Gasteiger partial charge < -0.3 is 53.6 Å². The van der Waals surface area contributed by atoms with E-state index in [4.69, 9.17) is 17.9 Å². The normalized spacial score (nSPS) is 20.3. The van der Waals surface area contributed by atoms with E-state index >= 15 is 0 Å². The number of rotatable bonds is 15. The van der Waals surface area contributed by atoms with E-state index in [-0.39, 0.29) is 69.2 Å². The summed E-state index contributed by atoms with van der Waals surface area (Å²) < 4.78 is 0. The van der Waals surface area contributed by atoms with Crippen LogP contribution in [0.4, 0.5) is 0 Å². The third-order valence-corrected chi connectivity index (χ3v) is 7.41. The molecule has 0 radical (unpaired) electrons. The number of carbonyl (C=O) groups excluding carboxylic acids is 6. The molecule has 12 N–H and O–H groups in total. The number of aliphatic carboxylic acids is 1. The van der Waals surface area contributed by atoms with Crippen molar-refractivity contribution in [3.8, 4) is 18.1 Å². The highest BCUT2D eigenvalue weighted by Crippen LogP contribution is 2.13. The molecule has 1 aliphatic rings. The summed E-state index contributed by atoms with van der Waals surface area (Å²) >= 11 is 0. The summed E-state index contributed by atoms with van der Waals surface area (Å²) in [7, 11) is 0. The summed E-state index contributed by atoms with van der Waals surface area (Å²) in [6.07, 6.45) is 5.74. The van der Waals surface area contributed by atoms with Crippen molar-refractivity contribution < 1.29 is 43.8 Å². The Labute approximate surface area is 289 Å². The van der Waals surface area contributed by atoms with Crippen LogP contribution in [0.1, 0.15) is 56.9 Å². The maximum absolute atomic E-state index is 13.8. The molecule has 1 aromatic carbocycles. The molecule has 1 heterocycles. The van der Waals surface area contributed by atoms with Crippen molar-refractivity contribution in [3.05, 3.63) is 29.8 Å². The van der Waals surface area contributed by atoms with E-state index in [9.17, 15) is 43.8 Å². The van der Waals surface area contributed by atoms with Gasteiger partial charge in [0.05, 0.1) is 13.0 Å². The summed E-state index contributed by atoms with van der Waals surface area (Å²) in [5.41, 5.74) is 11.2. The highest BCUT2D eigenvalue weighted by molar-refractivity contribution is 5.98. The van der Waals surface area contributed by atoms with Crippen LogP contribution in [0.25, 0.3) is 0 Å². The Morgan fingerprint density at radius 3 is 2.10 bits per heavy atom. The number of aromatic hydroxyl groups is 1. The summed E-state index contributed by atoms with van der Waals surface area (Å²) in [6, 6.07) is 0.325. The van der Waals surface area contributed by atoms with Gasteiger partial charge in [-0.2, -0.15) is 0 Å². The molecular formula is C32H45N9O9. The van der Waals surface area contributed by atoms with E-state index in [0.717, 1.165) is 0 Å². The highest BCUT2D eigenvalue weighted by Gasteiger charge is 2.33. The number of terminal acetylenes is 1. The topological polar surface area (TPSA) is 297 Å². The number of carboxylic acids is 1. The number of nitrogens with one attached hydrogen (secondary N) is 6. The number of aliphatic imine (C=N–C) groups is 1. The van der Waals surface area contributed by atoms with E-state index in [1.807, 2.05) is 0 Å². The molecule has 0 aromatic heterocycles. The molecular weight excluding hydrogens is 654 g/mol. The summed E-state index contributed by atoms with van der Waals surface area (Å²) in [5.74, 6) is -3.72. The Morgan fingerprint density at radius 2 is 1.46 bits per heavy atom. The number of carbonyl (C=O) groups is 7. The van der Waals surface area contributed by atoms with Crippen LogP contribution in [0.5, 0.6) is 5.75 Å². The zero-order valence-electron chi connectivity index (χ0n) is 27.5. The summed E-state index contributed by atoms with van der Waals surface area (Å²) in [6.45, 7) is -0.264. The third kappa shape index (κ3) is 15.4. The van der Waals surface area contributed by atoms with E-state index < -0.39 is 72.6 Å². The molecule has 2 rings (SSSR count). The minimum Gasteiger partial charge on any atom is -0.508 e. The lowest BCUT2D eigenvalue weighted by Crippen LogP contribution is -2.58. The SMILES string of the molecule is C#CCCC(=O)NCCCC[C@@H]1NC(=O)[C@@H](Cc2ccc(O)cc2)NC(=O)[C@H](CC(=O)O)NC(=O)CNC(=O)[C@H](CCCN=C(N)N)NC1=O. The number of amides is 6. The van der Waals surface area contributed by atoms with Crippen molar-refractivity contribution in [1.82, 2.24) is 31.9 Å². The van der Waals surface area contributed by atoms with Gasteiger partial charge in [0.25, 0.3) is 0 Å². The first kappa shape index (κ1) is 40.3. The quantitative estimate of drug-likeness (QED) is 0.0387. The average molecular weight is 700 g/mol. The zero-order chi connectivity index (χ0) is 37.1. The van der Waals surface area contributed by atoms with Gasteiger partial charge in [0.1, 0.15) is 29.9 Å². The summed E-state index contributed by atoms with van der Waals surface area (Å²) in [4.78, 5) is 94.0. The van der Waals surface area contributed by atoms with Crippen LogP contribution in [0.3, 0.4) is 0 Å². The first-order valence-corrected chi connectivity index (χ1v) is 16.0. The van der Waals surface area contributed by atoms with Gasteiger partial charge in [0, 0.05) is 32.4 Å². The van der Waals surface area contributed by atoms with Gasteiger partial charge in [-0.3, -0.25) is 38.6 Å². The summed E-state index contributed by atoms with van der Waals surface area (Å²) in [5, 5.41) is 34.2. The van der Waals surface area contributed by atoms with Gasteiger partial charge in [-0.25, -0.2) is 0 Å². The molecule has 1 saturated heterocycles. The molecule has 0 spiro atoms. The maximum atomic E-state index is 13.8. The highest BCUT2D eigenvalue weighted by atomic mass is 16.4. The molecule has 50 heavy (non-hydrogen) atoms. The Hall–Kier alpha value is -5.86. The Kier molecular flexibility index (Phi) is 17.1. The number of hydrogen-bond acceptors (Lipinski definition) is 9. The Balaban J connectivity index is 2.42. The number of carboxylic acid groups (broad SMARTS) is 1. The fourth-order valence-electron chi connectivity index (χ4n) is 4.83. The number of nitrogens with two attached hydrogens (primary N) is 2. The van der Waals surface area contributed by atoms with Crippen molar-refractivity contribution >= 4 is 47.4 Å². The van der Waals surface area contributed by atoms with Crippen LogP contribution in [-0.4, -0.2) is 101 Å². The maximum Gasteiger partial charge on any atom is 0.305 e. The lowest BCUT2D eigenvalue weighted by atomic mass is 10.0. The second-order valence-corrected chi connectivity index (χ2v) is 11.5. The molecule has 18 nitrogen and oxygen atoms in total. The zero-order valence-corrected chi connectivity index (χ0v) is 27.5. The van der Waals surface area contributed by atoms with Crippen LogP contribution >= 0.6 is 0 Å². The van der Waals surface area contributed by atoms with Crippen LogP contribution in [0, 0.1) is 12.3 Å². The van der Waals surface area contributed by atoms with Crippen molar-refractivity contribution in [1.29, 1.82) is 0 Å². The third-order valence-electron chi connectivity index (χ3n) is 7.41. The Bertz CT molecular complexity index is 1440.